The molecule has 1 saturated heterocycles. The van der Waals surface area contributed by atoms with Crippen LogP contribution in [0.3, 0.4) is 0 Å². The van der Waals surface area contributed by atoms with Gasteiger partial charge >= 0.3 is 5.97 Å². The maximum Gasteiger partial charge on any atom is 0.309 e. The molecule has 0 saturated carbocycles. The first kappa shape index (κ1) is 14.7. The van der Waals surface area contributed by atoms with Crippen LogP contribution >= 0.6 is 15.9 Å². The van der Waals surface area contributed by atoms with E-state index in [1.807, 2.05) is 18.2 Å². The normalized spacial score (nSPS) is 23.6. The number of anilines is 1. The SMILES string of the molecule is O=C(O)C1(C[C@H]2CNc3cc(Br)ccc3O2)CCOCC1. The van der Waals surface area contributed by atoms with Gasteiger partial charge in [-0.15, -0.1) is 0 Å². The van der Waals surface area contributed by atoms with Gasteiger partial charge in [0.25, 0.3) is 0 Å². The number of carboxylic acids is 1. The molecule has 114 valence electrons. The van der Waals surface area contributed by atoms with Gasteiger partial charge in [0.1, 0.15) is 11.9 Å². The number of halogens is 1. The minimum absolute atomic E-state index is 0.132. The predicted octanol–water partition coefficient (Wildman–Crippen LogP) is 2.89. The highest BCUT2D eigenvalue weighted by molar-refractivity contribution is 9.10. The lowest BCUT2D eigenvalue weighted by Crippen LogP contribution is -2.44. The number of benzene rings is 1. The molecule has 6 heteroatoms. The summed E-state index contributed by atoms with van der Waals surface area (Å²) in [4.78, 5) is 11.7. The van der Waals surface area contributed by atoms with Crippen LogP contribution in [0.25, 0.3) is 0 Å². The van der Waals surface area contributed by atoms with E-state index in [2.05, 4.69) is 21.2 Å². The van der Waals surface area contributed by atoms with Gasteiger partial charge in [0, 0.05) is 24.1 Å². The van der Waals surface area contributed by atoms with Gasteiger partial charge in [0.15, 0.2) is 0 Å². The fraction of sp³-hybridized carbons (Fsp3) is 0.533. The average Bonchev–Trinajstić information content (AvgIpc) is 2.48. The first-order chi connectivity index (χ1) is 10.1. The Morgan fingerprint density at radius 1 is 1.43 bits per heavy atom. The highest BCUT2D eigenvalue weighted by Crippen LogP contribution is 2.39. The van der Waals surface area contributed by atoms with Crippen molar-refractivity contribution in [1.29, 1.82) is 0 Å². The highest BCUT2D eigenvalue weighted by atomic mass is 79.9. The molecule has 2 aliphatic rings. The number of aliphatic carboxylic acids is 1. The van der Waals surface area contributed by atoms with Crippen LogP contribution in [0.1, 0.15) is 19.3 Å². The third-order valence-corrected chi connectivity index (χ3v) is 4.77. The zero-order valence-electron chi connectivity index (χ0n) is 11.6. The number of hydrogen-bond donors (Lipinski definition) is 2. The molecule has 1 atom stereocenters. The van der Waals surface area contributed by atoms with Gasteiger partial charge in [-0.1, -0.05) is 15.9 Å². The Hall–Kier alpha value is -1.27. The van der Waals surface area contributed by atoms with Crippen molar-refractivity contribution in [3.63, 3.8) is 0 Å². The molecular weight excluding hydrogens is 338 g/mol. The molecule has 2 aliphatic heterocycles. The van der Waals surface area contributed by atoms with Crippen molar-refractivity contribution in [2.45, 2.75) is 25.4 Å². The van der Waals surface area contributed by atoms with Gasteiger partial charge in [-0.05, 0) is 31.0 Å². The molecular formula is C15H18BrNO4. The number of nitrogens with one attached hydrogen (secondary N) is 1. The molecule has 2 N–H and O–H groups in total. The smallest absolute Gasteiger partial charge is 0.309 e. The summed E-state index contributed by atoms with van der Waals surface area (Å²) in [5.41, 5.74) is 0.217. The first-order valence-corrected chi connectivity index (χ1v) is 7.90. The molecule has 0 radical (unpaired) electrons. The molecule has 1 fully saturated rings. The third kappa shape index (κ3) is 3.01. The predicted molar refractivity (Wildman–Crippen MR) is 81.8 cm³/mol. The Morgan fingerprint density at radius 3 is 2.90 bits per heavy atom. The fourth-order valence-corrected chi connectivity index (χ4v) is 3.37. The Morgan fingerprint density at radius 2 is 2.19 bits per heavy atom. The van der Waals surface area contributed by atoms with E-state index in [1.54, 1.807) is 0 Å². The van der Waals surface area contributed by atoms with Gasteiger partial charge in [-0.2, -0.15) is 0 Å². The molecule has 2 heterocycles. The lowest BCUT2D eigenvalue weighted by Gasteiger charge is -2.37. The quantitative estimate of drug-likeness (QED) is 0.872. The summed E-state index contributed by atoms with van der Waals surface area (Å²) in [5, 5.41) is 12.9. The number of carboxylic acid groups (broad SMARTS) is 1. The molecule has 3 rings (SSSR count). The van der Waals surface area contributed by atoms with Crippen molar-refractivity contribution in [3.8, 4) is 5.75 Å². The molecule has 1 aromatic rings. The number of rotatable bonds is 3. The highest BCUT2D eigenvalue weighted by Gasteiger charge is 2.43. The molecule has 0 aromatic heterocycles. The van der Waals surface area contributed by atoms with E-state index in [9.17, 15) is 9.90 Å². The van der Waals surface area contributed by atoms with Crippen molar-refractivity contribution in [3.05, 3.63) is 22.7 Å². The van der Waals surface area contributed by atoms with E-state index in [0.717, 1.165) is 15.9 Å². The van der Waals surface area contributed by atoms with Crippen molar-refractivity contribution in [2.24, 2.45) is 5.41 Å². The molecule has 0 bridgehead atoms. The number of ether oxygens (including phenoxy) is 2. The Balaban J connectivity index is 1.73. The van der Waals surface area contributed by atoms with Crippen molar-refractivity contribution >= 4 is 27.6 Å². The Kier molecular flexibility index (Phi) is 4.08. The Labute approximate surface area is 131 Å². The number of carbonyl (C=O) groups is 1. The fourth-order valence-electron chi connectivity index (χ4n) is 3.01. The zero-order valence-corrected chi connectivity index (χ0v) is 13.2. The van der Waals surface area contributed by atoms with E-state index in [0.29, 0.717) is 39.0 Å². The first-order valence-electron chi connectivity index (χ1n) is 7.10. The second-order valence-electron chi connectivity index (χ2n) is 5.66. The van der Waals surface area contributed by atoms with Gasteiger partial charge in [-0.3, -0.25) is 4.79 Å². The summed E-state index contributed by atoms with van der Waals surface area (Å²) in [6.45, 7) is 1.64. The summed E-state index contributed by atoms with van der Waals surface area (Å²) in [5.74, 6) is 0.0399. The van der Waals surface area contributed by atoms with Gasteiger partial charge in [0.05, 0.1) is 17.6 Å². The lowest BCUT2D eigenvalue weighted by atomic mass is 9.75. The second kappa shape index (κ2) is 5.85. The van der Waals surface area contributed by atoms with Crippen LogP contribution in [0.2, 0.25) is 0 Å². The van der Waals surface area contributed by atoms with Crippen LogP contribution in [-0.4, -0.2) is 36.9 Å². The van der Waals surface area contributed by atoms with Crippen molar-refractivity contribution < 1.29 is 19.4 Å². The molecule has 0 amide bonds. The minimum Gasteiger partial charge on any atom is -0.486 e. The third-order valence-electron chi connectivity index (χ3n) is 4.28. The molecule has 21 heavy (non-hydrogen) atoms. The molecule has 0 unspecified atom stereocenters. The molecule has 0 spiro atoms. The summed E-state index contributed by atoms with van der Waals surface area (Å²) in [6.07, 6.45) is 1.48. The minimum atomic E-state index is -0.740. The van der Waals surface area contributed by atoms with Gasteiger partial charge < -0.3 is 19.9 Å². The summed E-state index contributed by atoms with van der Waals surface area (Å²) in [7, 11) is 0. The summed E-state index contributed by atoms with van der Waals surface area (Å²) < 4.78 is 12.3. The number of hydrogen-bond acceptors (Lipinski definition) is 4. The molecule has 1 aromatic carbocycles. The van der Waals surface area contributed by atoms with Crippen LogP contribution in [0.4, 0.5) is 5.69 Å². The second-order valence-corrected chi connectivity index (χ2v) is 6.58. The monoisotopic (exact) mass is 355 g/mol. The average molecular weight is 356 g/mol. The van der Waals surface area contributed by atoms with Gasteiger partial charge in [-0.25, -0.2) is 0 Å². The van der Waals surface area contributed by atoms with Gasteiger partial charge in [0.2, 0.25) is 0 Å². The molecule has 5 nitrogen and oxygen atoms in total. The lowest BCUT2D eigenvalue weighted by molar-refractivity contribution is -0.157. The maximum atomic E-state index is 11.7. The van der Waals surface area contributed by atoms with Crippen LogP contribution in [0, 0.1) is 5.41 Å². The standard InChI is InChI=1S/C15H18BrNO4/c16-10-1-2-13-12(7-10)17-9-11(21-13)8-15(14(18)19)3-5-20-6-4-15/h1-2,7,11,17H,3-6,8-9H2,(H,18,19)/t11-/m0/s1. The van der Waals surface area contributed by atoms with E-state index in [1.165, 1.54) is 0 Å². The number of fused-ring (bicyclic) bond motifs is 1. The van der Waals surface area contributed by atoms with E-state index >= 15 is 0 Å². The maximum absolute atomic E-state index is 11.7. The van der Waals surface area contributed by atoms with E-state index < -0.39 is 11.4 Å². The van der Waals surface area contributed by atoms with Crippen LogP contribution in [-0.2, 0) is 9.53 Å². The Bertz CT molecular complexity index is 542. The largest absolute Gasteiger partial charge is 0.486 e. The van der Waals surface area contributed by atoms with E-state index in [-0.39, 0.29) is 6.10 Å². The summed E-state index contributed by atoms with van der Waals surface area (Å²) in [6, 6.07) is 5.78. The van der Waals surface area contributed by atoms with Crippen LogP contribution in [0.5, 0.6) is 5.75 Å². The molecule has 0 aliphatic carbocycles. The topological polar surface area (TPSA) is 67.8 Å². The van der Waals surface area contributed by atoms with Crippen LogP contribution in [0.15, 0.2) is 22.7 Å². The van der Waals surface area contributed by atoms with Crippen LogP contribution < -0.4 is 10.1 Å². The van der Waals surface area contributed by atoms with E-state index in [4.69, 9.17) is 9.47 Å². The summed E-state index contributed by atoms with van der Waals surface area (Å²) >= 11 is 3.43. The van der Waals surface area contributed by atoms with Crippen molar-refractivity contribution in [2.75, 3.05) is 25.1 Å². The van der Waals surface area contributed by atoms with Crippen molar-refractivity contribution in [1.82, 2.24) is 0 Å². The zero-order chi connectivity index (χ0) is 14.9.